The highest BCUT2D eigenvalue weighted by Crippen LogP contribution is 2.32. The second-order valence-electron chi connectivity index (χ2n) is 6.22. The zero-order chi connectivity index (χ0) is 16.9. The number of nitrogens with zero attached hydrogens (tertiary/aromatic N) is 1. The highest BCUT2D eigenvalue weighted by atomic mass is 35.5. The zero-order valence-electron chi connectivity index (χ0n) is 14.4. The standard InChI is InChI=1S/C22H21N3.ClH/c1-4-10-17(11-5-1)16-23-22-24-20(18-12-6-2-7-13-18)21(25-22)19-14-8-3-9-15-19;/h1-15,20-21H,16H2,(H2,23,24,25);1H/t20-,21+;. The smallest absolute Gasteiger partial charge is 0.192 e. The molecule has 0 amide bonds. The predicted molar refractivity (Wildman–Crippen MR) is 109 cm³/mol. The summed E-state index contributed by atoms with van der Waals surface area (Å²) in [6, 6.07) is 31.7. The van der Waals surface area contributed by atoms with Crippen LogP contribution in [0.2, 0.25) is 0 Å². The number of hydrogen-bond acceptors (Lipinski definition) is 1. The van der Waals surface area contributed by atoms with E-state index in [0.29, 0.717) is 6.54 Å². The highest BCUT2D eigenvalue weighted by Gasteiger charge is 2.32. The van der Waals surface area contributed by atoms with E-state index in [4.69, 9.17) is 4.99 Å². The molecule has 0 radical (unpaired) electrons. The largest absolute Gasteiger partial charge is 0.347 e. The first kappa shape index (κ1) is 18.0. The van der Waals surface area contributed by atoms with Gasteiger partial charge in [0.05, 0.1) is 18.6 Å². The maximum absolute atomic E-state index is 4.74. The van der Waals surface area contributed by atoms with Crippen LogP contribution in [-0.4, -0.2) is 5.96 Å². The Kier molecular flexibility index (Phi) is 5.92. The van der Waals surface area contributed by atoms with Crippen molar-refractivity contribution in [2.45, 2.75) is 18.6 Å². The third-order valence-electron chi connectivity index (χ3n) is 4.50. The Morgan fingerprint density at radius 1 is 0.615 bits per heavy atom. The summed E-state index contributed by atoms with van der Waals surface area (Å²) in [6.45, 7) is 0.666. The van der Waals surface area contributed by atoms with Crippen molar-refractivity contribution in [3.63, 3.8) is 0 Å². The molecule has 1 aliphatic heterocycles. The van der Waals surface area contributed by atoms with E-state index in [-0.39, 0.29) is 24.5 Å². The molecule has 132 valence electrons. The Labute approximate surface area is 160 Å². The lowest BCUT2D eigenvalue weighted by Gasteiger charge is -2.19. The summed E-state index contributed by atoms with van der Waals surface area (Å²) in [6.07, 6.45) is 0. The van der Waals surface area contributed by atoms with Gasteiger partial charge in [0.25, 0.3) is 0 Å². The summed E-state index contributed by atoms with van der Waals surface area (Å²) in [7, 11) is 0. The van der Waals surface area contributed by atoms with Gasteiger partial charge in [0, 0.05) is 0 Å². The summed E-state index contributed by atoms with van der Waals surface area (Å²) in [5.74, 6) is 0.853. The second kappa shape index (κ2) is 8.54. The topological polar surface area (TPSA) is 36.4 Å². The van der Waals surface area contributed by atoms with Crippen LogP contribution in [0.5, 0.6) is 0 Å². The van der Waals surface area contributed by atoms with Gasteiger partial charge in [-0.05, 0) is 16.7 Å². The van der Waals surface area contributed by atoms with Gasteiger partial charge in [-0.25, -0.2) is 4.99 Å². The summed E-state index contributed by atoms with van der Waals surface area (Å²) in [4.78, 5) is 4.74. The number of halogens is 1. The van der Waals surface area contributed by atoms with Gasteiger partial charge in [0.1, 0.15) is 0 Å². The van der Waals surface area contributed by atoms with Gasteiger partial charge in [0.15, 0.2) is 5.96 Å². The Balaban J connectivity index is 0.00000196. The third kappa shape index (κ3) is 4.06. The molecular weight excluding hydrogens is 342 g/mol. The minimum absolute atomic E-state index is 0. The van der Waals surface area contributed by atoms with Crippen LogP contribution in [0.15, 0.2) is 96.0 Å². The molecule has 4 heteroatoms. The molecular formula is C22H22ClN3. The number of rotatable bonds is 4. The molecule has 0 unspecified atom stereocenters. The molecule has 0 aromatic heterocycles. The number of nitrogens with one attached hydrogen (secondary N) is 2. The van der Waals surface area contributed by atoms with Crippen molar-refractivity contribution in [3.05, 3.63) is 108 Å². The Bertz CT molecular complexity index is 786. The molecule has 1 fully saturated rings. The normalized spacial score (nSPS) is 20.1. The molecule has 3 aromatic carbocycles. The fourth-order valence-corrected chi connectivity index (χ4v) is 3.22. The average molecular weight is 364 g/mol. The quantitative estimate of drug-likeness (QED) is 0.708. The van der Waals surface area contributed by atoms with Gasteiger partial charge in [-0.3, -0.25) is 0 Å². The van der Waals surface area contributed by atoms with Crippen molar-refractivity contribution in [2.75, 3.05) is 0 Å². The monoisotopic (exact) mass is 363 g/mol. The van der Waals surface area contributed by atoms with E-state index in [1.54, 1.807) is 0 Å². The molecule has 0 aliphatic carbocycles. The van der Waals surface area contributed by atoms with Crippen LogP contribution in [0, 0.1) is 0 Å². The van der Waals surface area contributed by atoms with Crippen molar-refractivity contribution in [1.29, 1.82) is 0 Å². The van der Waals surface area contributed by atoms with Gasteiger partial charge < -0.3 is 10.6 Å². The van der Waals surface area contributed by atoms with E-state index in [1.165, 1.54) is 16.7 Å². The van der Waals surface area contributed by atoms with E-state index in [0.717, 1.165) is 5.96 Å². The number of benzene rings is 3. The fraction of sp³-hybridized carbons (Fsp3) is 0.136. The average Bonchev–Trinajstić information content (AvgIpc) is 3.13. The third-order valence-corrected chi connectivity index (χ3v) is 4.50. The van der Waals surface area contributed by atoms with Crippen LogP contribution in [0.1, 0.15) is 28.8 Å². The summed E-state index contributed by atoms with van der Waals surface area (Å²) < 4.78 is 0. The lowest BCUT2D eigenvalue weighted by molar-refractivity contribution is 0.554. The van der Waals surface area contributed by atoms with Crippen molar-refractivity contribution in [1.82, 2.24) is 10.6 Å². The molecule has 0 spiro atoms. The SMILES string of the molecule is Cl.c1ccc(CN=C2N[C@H](c3ccccc3)[C@H](c3ccccc3)N2)cc1. The minimum Gasteiger partial charge on any atom is -0.347 e. The van der Waals surface area contributed by atoms with Gasteiger partial charge in [-0.2, -0.15) is 0 Å². The maximum Gasteiger partial charge on any atom is 0.192 e. The lowest BCUT2D eigenvalue weighted by Crippen LogP contribution is -2.25. The molecule has 0 saturated carbocycles. The summed E-state index contributed by atoms with van der Waals surface area (Å²) in [5.41, 5.74) is 3.72. The first-order chi connectivity index (χ1) is 12.4. The highest BCUT2D eigenvalue weighted by molar-refractivity contribution is 5.85. The fourth-order valence-electron chi connectivity index (χ4n) is 3.22. The van der Waals surface area contributed by atoms with Crippen molar-refractivity contribution in [3.8, 4) is 0 Å². The van der Waals surface area contributed by atoms with E-state index in [9.17, 15) is 0 Å². The first-order valence-corrected chi connectivity index (χ1v) is 8.61. The lowest BCUT2D eigenvalue weighted by atomic mass is 9.95. The van der Waals surface area contributed by atoms with Crippen LogP contribution in [-0.2, 0) is 6.54 Å². The van der Waals surface area contributed by atoms with E-state index in [2.05, 4.69) is 71.3 Å². The molecule has 26 heavy (non-hydrogen) atoms. The minimum atomic E-state index is 0. The van der Waals surface area contributed by atoms with Crippen LogP contribution in [0.4, 0.5) is 0 Å². The number of hydrogen-bond donors (Lipinski definition) is 2. The predicted octanol–water partition coefficient (Wildman–Crippen LogP) is 4.64. The Morgan fingerprint density at radius 3 is 1.50 bits per heavy atom. The second-order valence-corrected chi connectivity index (χ2v) is 6.22. The van der Waals surface area contributed by atoms with Crippen LogP contribution < -0.4 is 10.6 Å². The van der Waals surface area contributed by atoms with Crippen molar-refractivity contribution in [2.24, 2.45) is 4.99 Å². The van der Waals surface area contributed by atoms with E-state index in [1.807, 2.05) is 30.3 Å². The molecule has 4 rings (SSSR count). The van der Waals surface area contributed by atoms with Crippen LogP contribution in [0.25, 0.3) is 0 Å². The molecule has 1 aliphatic rings. The molecule has 1 heterocycles. The van der Waals surface area contributed by atoms with Gasteiger partial charge in [-0.1, -0.05) is 91.0 Å². The molecule has 3 aromatic rings. The molecule has 2 N–H and O–H groups in total. The maximum atomic E-state index is 4.74. The molecule has 3 nitrogen and oxygen atoms in total. The van der Waals surface area contributed by atoms with E-state index >= 15 is 0 Å². The Morgan fingerprint density at radius 2 is 1.04 bits per heavy atom. The van der Waals surface area contributed by atoms with Crippen molar-refractivity contribution < 1.29 is 0 Å². The van der Waals surface area contributed by atoms with Crippen LogP contribution >= 0.6 is 12.4 Å². The van der Waals surface area contributed by atoms with Gasteiger partial charge >= 0.3 is 0 Å². The molecule has 0 bridgehead atoms. The summed E-state index contributed by atoms with van der Waals surface area (Å²) in [5, 5.41) is 7.13. The number of aliphatic imine (C=N–C) groups is 1. The number of guanidine groups is 1. The van der Waals surface area contributed by atoms with E-state index < -0.39 is 0 Å². The van der Waals surface area contributed by atoms with Gasteiger partial charge in [-0.15, -0.1) is 12.4 Å². The Hall–Kier alpha value is -2.78. The molecule has 1 saturated heterocycles. The summed E-state index contributed by atoms with van der Waals surface area (Å²) >= 11 is 0. The van der Waals surface area contributed by atoms with Crippen molar-refractivity contribution >= 4 is 18.4 Å². The first-order valence-electron chi connectivity index (χ1n) is 8.61. The zero-order valence-corrected chi connectivity index (χ0v) is 15.2. The van der Waals surface area contributed by atoms with Crippen LogP contribution in [0.3, 0.4) is 0 Å². The van der Waals surface area contributed by atoms with Gasteiger partial charge in [0.2, 0.25) is 0 Å². The molecule has 2 atom stereocenters.